The van der Waals surface area contributed by atoms with E-state index in [1.54, 1.807) is 0 Å². The Labute approximate surface area is 143 Å². The van der Waals surface area contributed by atoms with E-state index in [2.05, 4.69) is 44.8 Å². The van der Waals surface area contributed by atoms with Gasteiger partial charge in [0.1, 0.15) is 11.5 Å². The Morgan fingerprint density at radius 2 is 1.71 bits per heavy atom. The predicted octanol–water partition coefficient (Wildman–Crippen LogP) is 5.59. The first-order valence-corrected chi connectivity index (χ1v) is 8.56. The second kappa shape index (κ2) is 7.43. The van der Waals surface area contributed by atoms with Crippen LogP contribution in [-0.2, 0) is 6.42 Å². The van der Waals surface area contributed by atoms with Crippen molar-refractivity contribution in [3.8, 4) is 11.5 Å². The molecule has 0 fully saturated rings. The molecule has 0 aliphatic rings. The van der Waals surface area contributed by atoms with E-state index < -0.39 is 0 Å². The van der Waals surface area contributed by atoms with Crippen molar-refractivity contribution < 1.29 is 4.74 Å². The van der Waals surface area contributed by atoms with Gasteiger partial charge in [0.15, 0.2) is 0 Å². The molecule has 1 unspecified atom stereocenters. The standard InChI is InChI=1S/C17H19Br2NO/c1-3-15(20)9-12-4-5-14(19)10-17(12)21-16-7-6-13(18)8-11(16)2/h4-8,10,15H,3,9,20H2,1-2H3. The maximum Gasteiger partial charge on any atom is 0.131 e. The molecule has 112 valence electrons. The molecule has 0 amide bonds. The number of ether oxygens (including phenoxy) is 1. The van der Waals surface area contributed by atoms with Gasteiger partial charge in [-0.25, -0.2) is 0 Å². The van der Waals surface area contributed by atoms with E-state index >= 15 is 0 Å². The molecule has 0 aliphatic carbocycles. The minimum Gasteiger partial charge on any atom is -0.457 e. The minimum absolute atomic E-state index is 0.152. The molecule has 2 nitrogen and oxygen atoms in total. The van der Waals surface area contributed by atoms with Crippen molar-refractivity contribution in [2.75, 3.05) is 0 Å². The highest BCUT2D eigenvalue weighted by molar-refractivity contribution is 9.10. The summed E-state index contributed by atoms with van der Waals surface area (Å²) in [5, 5.41) is 0. The van der Waals surface area contributed by atoms with Crippen molar-refractivity contribution in [2.24, 2.45) is 5.73 Å². The molecule has 2 rings (SSSR count). The molecule has 0 spiro atoms. The van der Waals surface area contributed by atoms with Crippen LogP contribution in [0.1, 0.15) is 24.5 Å². The summed E-state index contributed by atoms with van der Waals surface area (Å²) in [4.78, 5) is 0. The van der Waals surface area contributed by atoms with Crippen LogP contribution >= 0.6 is 31.9 Å². The molecule has 1 atom stereocenters. The monoisotopic (exact) mass is 411 g/mol. The number of benzene rings is 2. The number of hydrogen-bond acceptors (Lipinski definition) is 2. The fourth-order valence-corrected chi connectivity index (χ4v) is 2.88. The molecule has 0 radical (unpaired) electrons. The van der Waals surface area contributed by atoms with Gasteiger partial charge in [-0.3, -0.25) is 0 Å². The van der Waals surface area contributed by atoms with Crippen LogP contribution in [0, 0.1) is 6.92 Å². The van der Waals surface area contributed by atoms with E-state index in [1.807, 2.05) is 37.3 Å². The van der Waals surface area contributed by atoms with Gasteiger partial charge in [-0.05, 0) is 61.2 Å². The zero-order chi connectivity index (χ0) is 15.4. The van der Waals surface area contributed by atoms with Gasteiger partial charge in [-0.1, -0.05) is 44.8 Å². The SMILES string of the molecule is CCC(N)Cc1ccc(Br)cc1Oc1ccc(Br)cc1C. The fourth-order valence-electron chi connectivity index (χ4n) is 2.06. The Kier molecular flexibility index (Phi) is 5.85. The van der Waals surface area contributed by atoms with Gasteiger partial charge in [0, 0.05) is 15.0 Å². The smallest absolute Gasteiger partial charge is 0.131 e. The third-order valence-corrected chi connectivity index (χ3v) is 4.38. The summed E-state index contributed by atoms with van der Waals surface area (Å²) in [5.74, 6) is 1.72. The third kappa shape index (κ3) is 4.56. The van der Waals surface area contributed by atoms with Gasteiger partial charge in [0.2, 0.25) is 0 Å². The predicted molar refractivity (Wildman–Crippen MR) is 95.1 cm³/mol. The van der Waals surface area contributed by atoms with Gasteiger partial charge >= 0.3 is 0 Å². The Morgan fingerprint density at radius 1 is 1.05 bits per heavy atom. The van der Waals surface area contributed by atoms with Crippen LogP contribution in [0.15, 0.2) is 45.3 Å². The highest BCUT2D eigenvalue weighted by atomic mass is 79.9. The van der Waals surface area contributed by atoms with E-state index in [4.69, 9.17) is 10.5 Å². The molecule has 21 heavy (non-hydrogen) atoms. The molecule has 0 aromatic heterocycles. The quantitative estimate of drug-likeness (QED) is 0.694. The lowest BCUT2D eigenvalue weighted by Crippen LogP contribution is -2.21. The summed E-state index contributed by atoms with van der Waals surface area (Å²) in [6, 6.07) is 12.3. The summed E-state index contributed by atoms with van der Waals surface area (Å²) in [7, 11) is 0. The van der Waals surface area contributed by atoms with Crippen LogP contribution in [-0.4, -0.2) is 6.04 Å². The number of halogens is 2. The maximum absolute atomic E-state index is 6.12. The average molecular weight is 413 g/mol. The van der Waals surface area contributed by atoms with Crippen LogP contribution in [0.5, 0.6) is 11.5 Å². The first-order chi connectivity index (χ1) is 9.99. The molecule has 2 aromatic rings. The van der Waals surface area contributed by atoms with Crippen molar-refractivity contribution >= 4 is 31.9 Å². The number of rotatable bonds is 5. The van der Waals surface area contributed by atoms with E-state index in [0.29, 0.717) is 0 Å². The maximum atomic E-state index is 6.12. The zero-order valence-corrected chi connectivity index (χ0v) is 15.4. The molecule has 0 aliphatic heterocycles. The van der Waals surface area contributed by atoms with Crippen LogP contribution in [0.3, 0.4) is 0 Å². The number of hydrogen-bond donors (Lipinski definition) is 1. The second-order valence-electron chi connectivity index (χ2n) is 5.14. The molecule has 0 heterocycles. The van der Waals surface area contributed by atoms with Crippen molar-refractivity contribution in [1.82, 2.24) is 0 Å². The largest absolute Gasteiger partial charge is 0.457 e. The van der Waals surface area contributed by atoms with Gasteiger partial charge in [0.25, 0.3) is 0 Å². The fraction of sp³-hybridized carbons (Fsp3) is 0.294. The lowest BCUT2D eigenvalue weighted by atomic mass is 10.0. The summed E-state index contributed by atoms with van der Waals surface area (Å²) in [6.07, 6.45) is 1.77. The normalized spacial score (nSPS) is 12.2. The Hall–Kier alpha value is -0.840. The number of aryl methyl sites for hydroxylation is 1. The molecule has 4 heteroatoms. The summed E-state index contributed by atoms with van der Waals surface area (Å²) < 4.78 is 8.17. The highest BCUT2D eigenvalue weighted by Gasteiger charge is 2.11. The summed E-state index contributed by atoms with van der Waals surface area (Å²) >= 11 is 6.97. The van der Waals surface area contributed by atoms with Crippen LogP contribution in [0.4, 0.5) is 0 Å². The Bertz CT molecular complexity index is 628. The molecular weight excluding hydrogens is 394 g/mol. The summed E-state index contributed by atoms with van der Waals surface area (Å²) in [5.41, 5.74) is 8.31. The molecular formula is C17H19Br2NO. The van der Waals surface area contributed by atoms with Crippen molar-refractivity contribution in [3.05, 3.63) is 56.5 Å². The van der Waals surface area contributed by atoms with E-state index in [-0.39, 0.29) is 6.04 Å². The van der Waals surface area contributed by atoms with E-state index in [9.17, 15) is 0 Å². The topological polar surface area (TPSA) is 35.2 Å². The second-order valence-corrected chi connectivity index (χ2v) is 6.97. The lowest BCUT2D eigenvalue weighted by molar-refractivity contribution is 0.468. The van der Waals surface area contributed by atoms with Gasteiger partial charge < -0.3 is 10.5 Å². The highest BCUT2D eigenvalue weighted by Crippen LogP contribution is 2.32. The van der Waals surface area contributed by atoms with Crippen LogP contribution in [0.2, 0.25) is 0 Å². The number of nitrogens with two attached hydrogens (primary N) is 1. The molecule has 2 N–H and O–H groups in total. The molecule has 2 aromatic carbocycles. The molecule has 0 saturated carbocycles. The summed E-state index contributed by atoms with van der Waals surface area (Å²) in [6.45, 7) is 4.14. The van der Waals surface area contributed by atoms with Crippen LogP contribution < -0.4 is 10.5 Å². The van der Waals surface area contributed by atoms with E-state index in [0.717, 1.165) is 44.4 Å². The average Bonchev–Trinajstić information content (AvgIpc) is 2.44. The van der Waals surface area contributed by atoms with Gasteiger partial charge in [-0.15, -0.1) is 0 Å². The van der Waals surface area contributed by atoms with Gasteiger partial charge in [-0.2, -0.15) is 0 Å². The lowest BCUT2D eigenvalue weighted by Gasteiger charge is -2.16. The van der Waals surface area contributed by atoms with Crippen molar-refractivity contribution in [3.63, 3.8) is 0 Å². The van der Waals surface area contributed by atoms with Crippen LogP contribution in [0.25, 0.3) is 0 Å². The Morgan fingerprint density at radius 3 is 2.38 bits per heavy atom. The van der Waals surface area contributed by atoms with Crippen molar-refractivity contribution in [2.45, 2.75) is 32.7 Å². The Balaban J connectivity index is 2.31. The third-order valence-electron chi connectivity index (χ3n) is 3.39. The minimum atomic E-state index is 0.152. The van der Waals surface area contributed by atoms with Crippen molar-refractivity contribution in [1.29, 1.82) is 0 Å². The zero-order valence-electron chi connectivity index (χ0n) is 12.2. The van der Waals surface area contributed by atoms with Gasteiger partial charge in [0.05, 0.1) is 0 Å². The first kappa shape index (κ1) is 16.5. The first-order valence-electron chi connectivity index (χ1n) is 6.97. The molecule has 0 saturated heterocycles. The van der Waals surface area contributed by atoms with E-state index in [1.165, 1.54) is 0 Å². The molecule has 0 bridgehead atoms.